The average Bonchev–Trinajstić information content (AvgIpc) is 2.26. The van der Waals surface area contributed by atoms with Gasteiger partial charge in [-0.2, -0.15) is 12.6 Å². The van der Waals surface area contributed by atoms with Crippen molar-refractivity contribution in [2.24, 2.45) is 0 Å². The number of amides is 1. The second-order valence-electron chi connectivity index (χ2n) is 5.89. The van der Waals surface area contributed by atoms with Crippen LogP contribution in [-0.4, -0.2) is 25.4 Å². The molecule has 1 aromatic carbocycles. The Morgan fingerprint density at radius 2 is 1.89 bits per heavy atom. The average molecular weight is 281 g/mol. The Morgan fingerprint density at radius 1 is 1.28 bits per heavy atom. The fraction of sp³-hybridized carbons (Fsp3) is 0.500. The Bertz CT molecular complexity index is 375. The summed E-state index contributed by atoms with van der Waals surface area (Å²) in [6, 6.07) is 10.2. The zero-order chi connectivity index (χ0) is 13.6. The molecule has 0 aliphatic rings. The maximum Gasteiger partial charge on any atom is 0.220 e. The van der Waals surface area contributed by atoms with Crippen LogP contribution in [0.4, 0.5) is 0 Å². The summed E-state index contributed by atoms with van der Waals surface area (Å²) < 4.78 is 0. The summed E-state index contributed by atoms with van der Waals surface area (Å²) in [5.41, 5.74) is 1.23. The van der Waals surface area contributed by atoms with E-state index in [-0.39, 0.29) is 11.2 Å². The van der Waals surface area contributed by atoms with Gasteiger partial charge in [0.05, 0.1) is 8.07 Å². The van der Waals surface area contributed by atoms with E-state index in [2.05, 4.69) is 49.7 Å². The molecule has 0 heterocycles. The molecular formula is C14H23NOSSi. The minimum atomic E-state index is -1.20. The molecule has 2 nitrogen and oxygen atoms in total. The minimum absolute atomic E-state index is 0.0917. The normalized spacial score (nSPS) is 13.1. The van der Waals surface area contributed by atoms with Crippen LogP contribution in [0.25, 0.3) is 0 Å². The van der Waals surface area contributed by atoms with E-state index >= 15 is 0 Å². The van der Waals surface area contributed by atoms with Crippen LogP contribution in [0.5, 0.6) is 0 Å². The van der Waals surface area contributed by atoms with Crippen molar-refractivity contribution in [3.05, 3.63) is 35.9 Å². The molecule has 0 saturated carbocycles. The van der Waals surface area contributed by atoms with Crippen LogP contribution in [0.15, 0.2) is 30.3 Å². The van der Waals surface area contributed by atoms with Crippen molar-refractivity contribution in [2.45, 2.75) is 37.7 Å². The van der Waals surface area contributed by atoms with E-state index in [0.717, 1.165) is 12.6 Å². The predicted octanol–water partition coefficient (Wildman–Crippen LogP) is 2.91. The fourth-order valence-corrected chi connectivity index (χ4v) is 2.71. The summed E-state index contributed by atoms with van der Waals surface area (Å²) in [7, 11) is -1.20. The lowest BCUT2D eigenvalue weighted by molar-refractivity contribution is -0.120. The molecule has 0 aliphatic heterocycles. The topological polar surface area (TPSA) is 29.1 Å². The second kappa shape index (κ2) is 7.00. The number of hydrogen-bond donors (Lipinski definition) is 2. The van der Waals surface area contributed by atoms with Crippen LogP contribution >= 0.6 is 12.6 Å². The molecule has 0 aromatic heterocycles. The Kier molecular flexibility index (Phi) is 5.95. The number of hydrogen-bond acceptors (Lipinski definition) is 2. The highest BCUT2D eigenvalue weighted by Crippen LogP contribution is 2.11. The van der Waals surface area contributed by atoms with Crippen molar-refractivity contribution in [3.8, 4) is 0 Å². The zero-order valence-electron chi connectivity index (χ0n) is 11.4. The van der Waals surface area contributed by atoms with E-state index in [4.69, 9.17) is 0 Å². The van der Waals surface area contributed by atoms with Gasteiger partial charge in [-0.15, -0.1) is 0 Å². The van der Waals surface area contributed by atoms with Crippen molar-refractivity contribution in [1.82, 2.24) is 5.32 Å². The fourth-order valence-electron chi connectivity index (χ4n) is 1.61. The van der Waals surface area contributed by atoms with Gasteiger partial charge < -0.3 is 5.32 Å². The first-order valence-electron chi connectivity index (χ1n) is 6.35. The van der Waals surface area contributed by atoms with Gasteiger partial charge in [0.1, 0.15) is 0 Å². The molecule has 0 bridgehead atoms. The summed E-state index contributed by atoms with van der Waals surface area (Å²) >= 11 is 4.50. The van der Waals surface area contributed by atoms with E-state index in [9.17, 15) is 4.79 Å². The van der Waals surface area contributed by atoms with Gasteiger partial charge in [0.2, 0.25) is 5.91 Å². The highest BCUT2D eigenvalue weighted by Gasteiger charge is 2.16. The Balaban J connectivity index is 2.32. The van der Waals surface area contributed by atoms with Crippen LogP contribution in [0, 0.1) is 0 Å². The molecule has 1 aromatic rings. The molecule has 18 heavy (non-hydrogen) atoms. The summed E-state index contributed by atoms with van der Waals surface area (Å²) in [4.78, 5) is 11.8. The van der Waals surface area contributed by atoms with Gasteiger partial charge in [-0.05, 0) is 12.0 Å². The van der Waals surface area contributed by atoms with E-state index in [1.54, 1.807) is 0 Å². The van der Waals surface area contributed by atoms with Gasteiger partial charge in [-0.3, -0.25) is 4.79 Å². The molecule has 1 rings (SSSR count). The van der Waals surface area contributed by atoms with E-state index in [0.29, 0.717) is 6.42 Å². The molecule has 0 unspecified atom stereocenters. The number of rotatable bonds is 6. The van der Waals surface area contributed by atoms with E-state index in [1.807, 2.05) is 18.2 Å². The lowest BCUT2D eigenvalue weighted by Crippen LogP contribution is -2.40. The van der Waals surface area contributed by atoms with Gasteiger partial charge in [0.15, 0.2) is 0 Å². The lowest BCUT2D eigenvalue weighted by Gasteiger charge is -2.17. The van der Waals surface area contributed by atoms with Gasteiger partial charge in [-0.1, -0.05) is 50.0 Å². The smallest absolute Gasteiger partial charge is 0.220 e. The van der Waals surface area contributed by atoms with Crippen LogP contribution in [0.2, 0.25) is 19.6 Å². The lowest BCUT2D eigenvalue weighted by atomic mass is 10.1. The highest BCUT2D eigenvalue weighted by molar-refractivity contribution is 7.81. The van der Waals surface area contributed by atoms with Crippen molar-refractivity contribution < 1.29 is 4.79 Å². The number of benzene rings is 1. The maximum absolute atomic E-state index is 11.8. The first kappa shape index (κ1) is 15.3. The molecule has 1 N–H and O–H groups in total. The van der Waals surface area contributed by atoms with Gasteiger partial charge in [-0.25, -0.2) is 0 Å². The largest absolute Gasteiger partial charge is 0.359 e. The molecule has 4 heteroatoms. The molecule has 0 radical (unpaired) electrons. The van der Waals surface area contributed by atoms with Crippen molar-refractivity contribution in [3.63, 3.8) is 0 Å². The Labute approximate surface area is 117 Å². The Morgan fingerprint density at radius 3 is 2.44 bits per heavy atom. The van der Waals surface area contributed by atoms with E-state index in [1.165, 1.54) is 5.56 Å². The standard InChI is InChI=1S/C14H23NOSSi/c1-18(2,3)11-15-14(16)10-13(17)9-12-7-5-4-6-8-12/h4-8,13,17H,9-11H2,1-3H3,(H,15,16)/t13-/m1/s1. The van der Waals surface area contributed by atoms with Gasteiger partial charge >= 0.3 is 0 Å². The summed E-state index contributed by atoms with van der Waals surface area (Å²) in [5.74, 6) is 0.119. The molecule has 0 fully saturated rings. The van der Waals surface area contributed by atoms with E-state index < -0.39 is 8.07 Å². The molecule has 100 valence electrons. The molecule has 1 amide bonds. The number of carbonyl (C=O) groups excluding carboxylic acids is 1. The number of carbonyl (C=O) groups is 1. The number of thiol groups is 1. The molecule has 0 aliphatic carbocycles. The first-order chi connectivity index (χ1) is 8.37. The van der Waals surface area contributed by atoms with Crippen LogP contribution in [-0.2, 0) is 11.2 Å². The number of nitrogens with one attached hydrogen (secondary N) is 1. The monoisotopic (exact) mass is 281 g/mol. The first-order valence-corrected chi connectivity index (χ1v) is 10.6. The minimum Gasteiger partial charge on any atom is -0.359 e. The summed E-state index contributed by atoms with van der Waals surface area (Å²) in [5, 5.41) is 3.10. The summed E-state index contributed by atoms with van der Waals surface area (Å²) in [6.07, 6.45) is 2.17. The third kappa shape index (κ3) is 6.86. The molecule has 0 spiro atoms. The highest BCUT2D eigenvalue weighted by atomic mass is 32.1. The van der Waals surface area contributed by atoms with Crippen LogP contribution in [0.3, 0.4) is 0 Å². The molecule has 0 saturated heterocycles. The third-order valence-electron chi connectivity index (χ3n) is 2.55. The quantitative estimate of drug-likeness (QED) is 0.609. The molecular weight excluding hydrogens is 258 g/mol. The van der Waals surface area contributed by atoms with Crippen molar-refractivity contribution >= 4 is 26.6 Å². The zero-order valence-corrected chi connectivity index (χ0v) is 13.3. The second-order valence-corrected chi connectivity index (χ2v) is 12.1. The van der Waals surface area contributed by atoms with Gasteiger partial charge in [0.25, 0.3) is 0 Å². The van der Waals surface area contributed by atoms with Crippen LogP contribution in [0.1, 0.15) is 12.0 Å². The third-order valence-corrected chi connectivity index (χ3v) is 4.15. The summed E-state index contributed by atoms with van der Waals surface area (Å²) in [6.45, 7) is 6.74. The predicted molar refractivity (Wildman–Crippen MR) is 83.9 cm³/mol. The van der Waals surface area contributed by atoms with Crippen molar-refractivity contribution in [1.29, 1.82) is 0 Å². The SMILES string of the molecule is C[Si](C)(C)CNC(=O)C[C@H](S)Cc1ccccc1. The van der Waals surface area contributed by atoms with Crippen molar-refractivity contribution in [2.75, 3.05) is 6.17 Å². The van der Waals surface area contributed by atoms with Gasteiger partial charge in [0, 0.05) is 17.8 Å². The Hall–Kier alpha value is -0.743. The van der Waals surface area contributed by atoms with Crippen LogP contribution < -0.4 is 5.32 Å². The maximum atomic E-state index is 11.8. The molecule has 1 atom stereocenters.